The van der Waals surface area contributed by atoms with E-state index < -0.39 is 11.1 Å². The molecule has 0 bridgehead atoms. The van der Waals surface area contributed by atoms with Crippen LogP contribution in [0.2, 0.25) is 0 Å². The van der Waals surface area contributed by atoms with Gasteiger partial charge in [-0.1, -0.05) is 5.16 Å². The van der Waals surface area contributed by atoms with Gasteiger partial charge in [-0.15, -0.1) is 0 Å². The minimum Gasteiger partial charge on any atom is -0.772 e. The van der Waals surface area contributed by atoms with Crippen LogP contribution >= 0.6 is 0 Å². The third-order valence-electron chi connectivity index (χ3n) is 1.34. The number of hydrogen-bond acceptors (Lipinski definition) is 4. The summed E-state index contributed by atoms with van der Waals surface area (Å²) in [6.45, 7) is 3.74. The summed E-state index contributed by atoms with van der Waals surface area (Å²) in [5, 5.41) is 3.65. The van der Waals surface area contributed by atoms with Gasteiger partial charge in [0.15, 0.2) is 0 Å². The van der Waals surface area contributed by atoms with Crippen LogP contribution in [0.3, 0.4) is 0 Å². The fourth-order valence-electron chi connectivity index (χ4n) is 0.958. The van der Waals surface area contributed by atoms with Crippen LogP contribution in [0.15, 0.2) is 5.16 Å². The zero-order chi connectivity index (χ0) is 8.48. The highest BCUT2D eigenvalue weighted by Gasteiger charge is 2.28. The van der Waals surface area contributed by atoms with E-state index >= 15 is 0 Å². The normalized spacial score (nSPS) is 24.1. The molecule has 1 aliphatic heterocycles. The molecule has 0 radical (unpaired) electrons. The first-order chi connectivity index (χ1) is 4.99. The molecular formula is C6H10NO3S-. The summed E-state index contributed by atoms with van der Waals surface area (Å²) in [5.74, 6) is -0.0105. The summed E-state index contributed by atoms with van der Waals surface area (Å²) >= 11 is -2.05. The van der Waals surface area contributed by atoms with E-state index in [1.807, 2.05) is 13.8 Å². The van der Waals surface area contributed by atoms with E-state index in [2.05, 4.69) is 5.16 Å². The van der Waals surface area contributed by atoms with Crippen LogP contribution in [-0.4, -0.2) is 25.8 Å². The number of oxime groups is 1. The zero-order valence-corrected chi connectivity index (χ0v) is 7.31. The van der Waals surface area contributed by atoms with Gasteiger partial charge in [0.1, 0.15) is 5.60 Å². The highest BCUT2D eigenvalue weighted by atomic mass is 32.2. The van der Waals surface area contributed by atoms with Crippen LogP contribution in [0.5, 0.6) is 0 Å². The third kappa shape index (κ3) is 2.59. The van der Waals surface area contributed by atoms with E-state index in [-0.39, 0.29) is 11.4 Å². The minimum absolute atomic E-state index is 0.0105. The average molecular weight is 176 g/mol. The Bertz CT molecular complexity index is 212. The van der Waals surface area contributed by atoms with Gasteiger partial charge < -0.3 is 9.39 Å². The Morgan fingerprint density at radius 1 is 1.82 bits per heavy atom. The Balaban J connectivity index is 2.47. The molecule has 64 valence electrons. The van der Waals surface area contributed by atoms with Crippen LogP contribution in [0.25, 0.3) is 0 Å². The summed E-state index contributed by atoms with van der Waals surface area (Å²) in [6.07, 6.45) is 0.598. The van der Waals surface area contributed by atoms with Gasteiger partial charge in [-0.2, -0.15) is 0 Å². The van der Waals surface area contributed by atoms with Crippen molar-refractivity contribution in [2.75, 3.05) is 5.75 Å². The largest absolute Gasteiger partial charge is 0.772 e. The maximum absolute atomic E-state index is 10.2. The molecule has 0 aromatic carbocycles. The van der Waals surface area contributed by atoms with E-state index in [4.69, 9.17) is 4.84 Å². The molecule has 1 rings (SSSR count). The molecule has 0 fully saturated rings. The van der Waals surface area contributed by atoms with Gasteiger partial charge in [-0.25, -0.2) is 0 Å². The van der Waals surface area contributed by atoms with Crippen LogP contribution in [0, 0.1) is 0 Å². The Hall–Kier alpha value is -0.420. The summed E-state index contributed by atoms with van der Waals surface area (Å²) in [6, 6.07) is 0. The molecule has 1 unspecified atom stereocenters. The Kier molecular flexibility index (Phi) is 2.29. The second-order valence-electron chi connectivity index (χ2n) is 3.13. The first-order valence-corrected chi connectivity index (χ1v) is 4.54. The molecule has 5 heteroatoms. The first kappa shape index (κ1) is 8.67. The molecule has 1 heterocycles. The van der Waals surface area contributed by atoms with E-state index in [9.17, 15) is 8.76 Å². The van der Waals surface area contributed by atoms with Crippen molar-refractivity contribution in [3.8, 4) is 0 Å². The third-order valence-corrected chi connectivity index (χ3v) is 1.91. The fourth-order valence-corrected chi connectivity index (χ4v) is 1.38. The number of rotatable bonds is 2. The Labute approximate surface area is 67.9 Å². The predicted molar refractivity (Wildman–Crippen MR) is 41.0 cm³/mol. The SMILES string of the molecule is CC1(C)CC(CS(=O)[O-])=NO1. The Morgan fingerprint density at radius 3 is 2.82 bits per heavy atom. The van der Waals surface area contributed by atoms with Crippen molar-refractivity contribution < 1.29 is 13.6 Å². The topological polar surface area (TPSA) is 61.7 Å². The smallest absolute Gasteiger partial charge is 0.137 e. The summed E-state index contributed by atoms with van der Waals surface area (Å²) in [4.78, 5) is 4.97. The van der Waals surface area contributed by atoms with Crippen molar-refractivity contribution in [2.45, 2.75) is 25.9 Å². The molecule has 0 saturated heterocycles. The highest BCUT2D eigenvalue weighted by molar-refractivity contribution is 7.79. The standard InChI is InChI=1S/C6H11NO3S/c1-6(2)3-5(7-10-6)4-11(8)9/h3-4H2,1-2H3,(H,8,9)/p-1. The molecule has 0 aromatic rings. The van der Waals surface area contributed by atoms with E-state index in [1.165, 1.54) is 0 Å². The quantitative estimate of drug-likeness (QED) is 0.573. The molecular weight excluding hydrogens is 166 g/mol. The Morgan fingerprint density at radius 2 is 2.45 bits per heavy atom. The maximum atomic E-state index is 10.2. The van der Waals surface area contributed by atoms with Gasteiger partial charge in [0, 0.05) is 6.42 Å². The number of nitrogens with zero attached hydrogens (tertiary/aromatic N) is 1. The second kappa shape index (κ2) is 2.91. The predicted octanol–water partition coefficient (Wildman–Crippen LogP) is 0.420. The molecule has 0 spiro atoms. The van der Waals surface area contributed by atoms with Crippen LogP contribution < -0.4 is 0 Å². The van der Waals surface area contributed by atoms with Crippen LogP contribution in [0.1, 0.15) is 20.3 Å². The fraction of sp³-hybridized carbons (Fsp3) is 0.833. The molecule has 0 N–H and O–H groups in total. The summed E-state index contributed by atoms with van der Waals surface area (Å²) < 4.78 is 20.5. The lowest BCUT2D eigenvalue weighted by Crippen LogP contribution is -2.20. The molecule has 1 aliphatic rings. The van der Waals surface area contributed by atoms with E-state index in [1.54, 1.807) is 0 Å². The minimum atomic E-state index is -2.05. The van der Waals surface area contributed by atoms with Crippen molar-refractivity contribution >= 4 is 16.8 Å². The highest BCUT2D eigenvalue weighted by Crippen LogP contribution is 2.22. The maximum Gasteiger partial charge on any atom is 0.137 e. The lowest BCUT2D eigenvalue weighted by molar-refractivity contribution is 0.0123. The van der Waals surface area contributed by atoms with Gasteiger partial charge in [0.05, 0.1) is 11.5 Å². The second-order valence-corrected chi connectivity index (χ2v) is 4.03. The van der Waals surface area contributed by atoms with Crippen molar-refractivity contribution in [1.29, 1.82) is 0 Å². The lowest BCUT2D eigenvalue weighted by Gasteiger charge is -2.13. The zero-order valence-electron chi connectivity index (χ0n) is 6.49. The monoisotopic (exact) mass is 176 g/mol. The van der Waals surface area contributed by atoms with Crippen molar-refractivity contribution in [3.05, 3.63) is 0 Å². The van der Waals surface area contributed by atoms with Crippen LogP contribution in [-0.2, 0) is 15.9 Å². The first-order valence-electron chi connectivity index (χ1n) is 3.29. The van der Waals surface area contributed by atoms with E-state index in [0.717, 1.165) is 0 Å². The van der Waals surface area contributed by atoms with Crippen LogP contribution in [0.4, 0.5) is 0 Å². The van der Waals surface area contributed by atoms with Gasteiger partial charge in [0.25, 0.3) is 0 Å². The molecule has 0 aliphatic carbocycles. The average Bonchev–Trinajstić information content (AvgIpc) is 2.08. The molecule has 0 aromatic heterocycles. The molecule has 0 amide bonds. The molecule has 4 nitrogen and oxygen atoms in total. The van der Waals surface area contributed by atoms with Gasteiger partial charge in [-0.3, -0.25) is 4.21 Å². The number of hydrogen-bond donors (Lipinski definition) is 0. The summed E-state index contributed by atoms with van der Waals surface area (Å²) in [7, 11) is 0. The van der Waals surface area contributed by atoms with Crippen molar-refractivity contribution in [3.63, 3.8) is 0 Å². The van der Waals surface area contributed by atoms with Crippen molar-refractivity contribution in [2.24, 2.45) is 5.16 Å². The van der Waals surface area contributed by atoms with Crippen molar-refractivity contribution in [1.82, 2.24) is 0 Å². The molecule has 1 atom stereocenters. The van der Waals surface area contributed by atoms with Gasteiger partial charge in [-0.05, 0) is 24.9 Å². The summed E-state index contributed by atoms with van der Waals surface area (Å²) in [5.41, 5.74) is 0.276. The lowest BCUT2D eigenvalue weighted by atomic mass is 10.0. The van der Waals surface area contributed by atoms with Gasteiger partial charge in [0.2, 0.25) is 0 Å². The molecule has 11 heavy (non-hydrogen) atoms. The van der Waals surface area contributed by atoms with Gasteiger partial charge >= 0.3 is 0 Å². The molecule has 0 saturated carbocycles. The van der Waals surface area contributed by atoms with E-state index in [0.29, 0.717) is 12.1 Å².